The third-order valence-corrected chi connectivity index (χ3v) is 6.24. The first kappa shape index (κ1) is 27.7. The van der Waals surface area contributed by atoms with Crippen LogP contribution in [0.3, 0.4) is 0 Å². The number of pyridine rings is 1. The third kappa shape index (κ3) is 7.44. The number of nitrogens with one attached hydrogen (secondary N) is 2. The minimum atomic E-state index is -0.518. The molecule has 1 fully saturated rings. The zero-order valence-corrected chi connectivity index (χ0v) is 22.3. The zero-order chi connectivity index (χ0) is 28.8. The van der Waals surface area contributed by atoms with Crippen molar-refractivity contribution in [2.45, 2.75) is 6.42 Å². The van der Waals surface area contributed by atoms with Gasteiger partial charge < -0.3 is 25.2 Å². The quantitative estimate of drug-likeness (QED) is 0.127. The molecule has 4 N–H and O–H groups in total. The topological polar surface area (TPSA) is 145 Å². The molecule has 0 unspecified atom stereocenters. The van der Waals surface area contributed by atoms with Gasteiger partial charge in [0.05, 0.1) is 43.2 Å². The van der Waals surface area contributed by atoms with E-state index in [9.17, 15) is 19.4 Å². The summed E-state index contributed by atoms with van der Waals surface area (Å²) in [4.78, 5) is 27.1. The van der Waals surface area contributed by atoms with Gasteiger partial charge in [-0.2, -0.15) is 10.1 Å². The fourth-order valence-corrected chi connectivity index (χ4v) is 4.41. The van der Waals surface area contributed by atoms with Crippen LogP contribution < -0.4 is 15.6 Å². The Bertz CT molecular complexity index is 1560. The number of ether oxygens (including phenoxy) is 1. The van der Waals surface area contributed by atoms with Crippen LogP contribution >= 0.6 is 11.6 Å². The van der Waals surface area contributed by atoms with Gasteiger partial charge >= 0.3 is 0 Å². The molecule has 0 saturated carbocycles. The van der Waals surface area contributed by atoms with Crippen LogP contribution in [0.2, 0.25) is 5.02 Å². The third-order valence-electron chi connectivity index (χ3n) is 6.02. The number of morpholine rings is 1. The Morgan fingerprint density at radius 2 is 1.85 bits per heavy atom. The van der Waals surface area contributed by atoms with Gasteiger partial charge in [-0.3, -0.25) is 9.78 Å². The Kier molecular flexibility index (Phi) is 8.51. The fraction of sp³-hybridized carbons (Fsp3) is 0.179. The number of nitrogens with zero attached hydrogens (tertiary/aromatic N) is 5. The number of phenolic OH excluding ortho intramolecular Hbond substituents is 2. The summed E-state index contributed by atoms with van der Waals surface area (Å²) in [5.41, 5.74) is 5.14. The van der Waals surface area contributed by atoms with Crippen LogP contribution in [0.1, 0.15) is 21.6 Å². The molecule has 1 aliphatic heterocycles. The van der Waals surface area contributed by atoms with E-state index in [2.05, 4.69) is 30.8 Å². The summed E-state index contributed by atoms with van der Waals surface area (Å²) in [5.74, 6) is -0.563. The average molecular weight is 578 g/mol. The molecule has 11 nitrogen and oxygen atoms in total. The van der Waals surface area contributed by atoms with Crippen molar-refractivity contribution in [2.24, 2.45) is 5.10 Å². The average Bonchev–Trinajstić information content (AvgIpc) is 2.94. The molecule has 1 aliphatic rings. The van der Waals surface area contributed by atoms with Crippen molar-refractivity contribution in [1.82, 2.24) is 15.0 Å². The molecule has 210 valence electrons. The normalized spacial score (nSPS) is 13.4. The second-order valence-corrected chi connectivity index (χ2v) is 9.55. The fourth-order valence-electron chi connectivity index (χ4n) is 4.15. The van der Waals surface area contributed by atoms with Crippen LogP contribution in [0.15, 0.2) is 66.0 Å². The number of rotatable bonds is 9. The zero-order valence-electron chi connectivity index (χ0n) is 21.6. The maximum atomic E-state index is 14.2. The van der Waals surface area contributed by atoms with Crippen LogP contribution in [0.4, 0.5) is 27.5 Å². The number of ketones is 1. The molecule has 0 radical (unpaired) electrons. The number of anilines is 4. The van der Waals surface area contributed by atoms with Gasteiger partial charge in [0.2, 0.25) is 5.95 Å². The Labute approximate surface area is 239 Å². The lowest BCUT2D eigenvalue weighted by Crippen LogP contribution is -2.37. The van der Waals surface area contributed by atoms with Crippen molar-refractivity contribution in [3.05, 3.63) is 88.6 Å². The van der Waals surface area contributed by atoms with E-state index in [4.69, 9.17) is 16.3 Å². The van der Waals surface area contributed by atoms with E-state index in [0.29, 0.717) is 54.0 Å². The minimum Gasteiger partial charge on any atom is -0.508 e. The van der Waals surface area contributed by atoms with Crippen LogP contribution in [0, 0.1) is 5.82 Å². The molecule has 41 heavy (non-hydrogen) atoms. The lowest BCUT2D eigenvalue weighted by Gasteiger charge is -2.27. The van der Waals surface area contributed by atoms with Gasteiger partial charge in [-0.05, 0) is 48.0 Å². The molecular weight excluding hydrogens is 553 g/mol. The SMILES string of the molecule is O=C(Cc1cc(O)cc(Cl)c1)c1cc(O)cc(Nc2ccc(/C=N/Nc3ncc(F)c(N4CCOCC4)n3)nc2)c1. The van der Waals surface area contributed by atoms with Gasteiger partial charge in [-0.1, -0.05) is 11.6 Å². The Morgan fingerprint density at radius 1 is 1.05 bits per heavy atom. The first-order valence-electron chi connectivity index (χ1n) is 12.6. The molecule has 1 saturated heterocycles. The molecule has 2 aromatic carbocycles. The highest BCUT2D eigenvalue weighted by molar-refractivity contribution is 6.30. The van der Waals surface area contributed by atoms with Crippen LogP contribution in [-0.2, 0) is 11.2 Å². The summed E-state index contributed by atoms with van der Waals surface area (Å²) in [5, 5.41) is 27.4. The van der Waals surface area contributed by atoms with Gasteiger partial charge in [0.25, 0.3) is 0 Å². The Hall–Kier alpha value is -4.81. The largest absolute Gasteiger partial charge is 0.508 e. The number of halogens is 2. The molecule has 3 heterocycles. The molecule has 0 aliphatic carbocycles. The number of aromatic nitrogens is 3. The smallest absolute Gasteiger partial charge is 0.245 e. The number of carbonyl (C=O) groups excluding carboxylic acids is 1. The summed E-state index contributed by atoms with van der Waals surface area (Å²) in [7, 11) is 0. The first-order chi connectivity index (χ1) is 19.8. The number of carbonyl (C=O) groups is 1. The Morgan fingerprint density at radius 3 is 2.61 bits per heavy atom. The molecule has 0 spiro atoms. The second-order valence-electron chi connectivity index (χ2n) is 9.12. The van der Waals surface area contributed by atoms with E-state index in [1.807, 2.05) is 0 Å². The summed E-state index contributed by atoms with van der Waals surface area (Å²) in [6.45, 7) is 2.08. The van der Waals surface area contributed by atoms with Crippen molar-refractivity contribution in [2.75, 3.05) is 41.9 Å². The van der Waals surface area contributed by atoms with Crippen LogP contribution in [0.25, 0.3) is 0 Å². The molecule has 5 rings (SSSR count). The number of benzene rings is 2. The number of hydrazone groups is 1. The van der Waals surface area contributed by atoms with Gasteiger partial charge in [0.1, 0.15) is 11.5 Å². The highest BCUT2D eigenvalue weighted by Gasteiger charge is 2.18. The maximum Gasteiger partial charge on any atom is 0.245 e. The highest BCUT2D eigenvalue weighted by Crippen LogP contribution is 2.26. The predicted molar refractivity (Wildman–Crippen MR) is 153 cm³/mol. The standard InChI is InChI=1S/C28H25ClFN7O4/c29-19-7-17(8-23(38)12-19)9-26(40)18-10-22(13-24(39)11-18)34-21-2-1-20(31-14-21)15-33-36-28-32-16-25(30)27(35-28)37-3-5-41-6-4-37/h1-2,7-8,10-16,34,38-39H,3-6,9H2,(H,32,35,36)/b33-15+. The molecule has 2 aromatic heterocycles. The van der Waals surface area contributed by atoms with Gasteiger partial charge in [-0.25, -0.2) is 14.8 Å². The van der Waals surface area contributed by atoms with Gasteiger partial charge in [0.15, 0.2) is 17.4 Å². The summed E-state index contributed by atoms with van der Waals surface area (Å²) < 4.78 is 19.5. The molecule has 0 bridgehead atoms. The molecular formula is C28H25ClFN7O4. The predicted octanol–water partition coefficient (Wildman–Crippen LogP) is 4.53. The summed E-state index contributed by atoms with van der Waals surface area (Å²) in [6.07, 6.45) is 4.12. The van der Waals surface area contributed by atoms with E-state index < -0.39 is 5.82 Å². The molecule has 0 amide bonds. The van der Waals surface area contributed by atoms with E-state index >= 15 is 0 Å². The number of phenols is 2. The van der Waals surface area contributed by atoms with Crippen LogP contribution in [0.5, 0.6) is 11.5 Å². The second kappa shape index (κ2) is 12.6. The summed E-state index contributed by atoms with van der Waals surface area (Å²) >= 11 is 5.96. The first-order valence-corrected chi connectivity index (χ1v) is 12.9. The minimum absolute atomic E-state index is 0.00186. The molecule has 13 heteroatoms. The van der Waals surface area contributed by atoms with Crippen molar-refractivity contribution in [3.63, 3.8) is 0 Å². The number of Topliss-reactive ketones (excluding diaryl/α,β-unsaturated/α-hetero) is 1. The van der Waals surface area contributed by atoms with Crippen LogP contribution in [-0.4, -0.2) is 63.5 Å². The van der Waals surface area contributed by atoms with Crippen molar-refractivity contribution in [1.29, 1.82) is 0 Å². The highest BCUT2D eigenvalue weighted by atomic mass is 35.5. The van der Waals surface area contributed by atoms with E-state index in [1.54, 1.807) is 35.4 Å². The number of hydrogen-bond acceptors (Lipinski definition) is 11. The molecule has 0 atom stereocenters. The van der Waals surface area contributed by atoms with E-state index in [-0.39, 0.29) is 41.0 Å². The number of hydrogen-bond donors (Lipinski definition) is 4. The van der Waals surface area contributed by atoms with Gasteiger partial charge in [0, 0.05) is 41.9 Å². The maximum absolute atomic E-state index is 14.2. The monoisotopic (exact) mass is 577 g/mol. The van der Waals surface area contributed by atoms with Gasteiger partial charge in [-0.15, -0.1) is 0 Å². The van der Waals surface area contributed by atoms with Crippen molar-refractivity contribution >= 4 is 46.7 Å². The lowest BCUT2D eigenvalue weighted by molar-refractivity contribution is 0.0992. The Balaban J connectivity index is 1.20. The van der Waals surface area contributed by atoms with E-state index in [0.717, 1.165) is 6.20 Å². The lowest BCUT2D eigenvalue weighted by atomic mass is 10.0. The summed E-state index contributed by atoms with van der Waals surface area (Å²) in [6, 6.07) is 12.4. The van der Waals surface area contributed by atoms with Crippen molar-refractivity contribution < 1.29 is 24.1 Å². The van der Waals surface area contributed by atoms with Crippen molar-refractivity contribution in [3.8, 4) is 11.5 Å². The number of aromatic hydroxyl groups is 2. The van der Waals surface area contributed by atoms with E-state index in [1.165, 1.54) is 30.5 Å². The molecule has 4 aromatic rings.